The van der Waals surface area contributed by atoms with Crippen LogP contribution in [-0.4, -0.2) is 14.9 Å². The maximum Gasteiger partial charge on any atom is 0.233 e. The molecule has 0 amide bonds. The molecule has 0 saturated carbocycles. The molecule has 1 heterocycles. The van der Waals surface area contributed by atoms with E-state index < -0.39 is 0 Å². The van der Waals surface area contributed by atoms with Crippen LogP contribution in [0.4, 0.5) is 0 Å². The summed E-state index contributed by atoms with van der Waals surface area (Å²) in [4.78, 5) is 0. The highest BCUT2D eigenvalue weighted by Crippen LogP contribution is 2.27. The van der Waals surface area contributed by atoms with Gasteiger partial charge in [-0.3, -0.25) is 4.68 Å². The van der Waals surface area contributed by atoms with Crippen molar-refractivity contribution in [1.82, 2.24) is 9.78 Å². The molecule has 1 N–H and O–H groups in total. The van der Waals surface area contributed by atoms with Crippen molar-refractivity contribution in [3.63, 3.8) is 0 Å². The van der Waals surface area contributed by atoms with Gasteiger partial charge >= 0.3 is 0 Å². The first-order chi connectivity index (χ1) is 6.70. The van der Waals surface area contributed by atoms with Crippen LogP contribution < -0.4 is 0 Å². The van der Waals surface area contributed by atoms with Crippen molar-refractivity contribution in [2.75, 3.05) is 0 Å². The van der Waals surface area contributed by atoms with Crippen LogP contribution in [-0.2, 0) is 7.05 Å². The van der Waals surface area contributed by atoms with Gasteiger partial charge < -0.3 is 5.11 Å². The Bertz CT molecular complexity index is 446. The lowest BCUT2D eigenvalue weighted by molar-refractivity contribution is 0.441. The molecule has 0 saturated heterocycles. The average molecular weight is 188 g/mol. The van der Waals surface area contributed by atoms with Crippen molar-refractivity contribution in [2.24, 2.45) is 7.05 Å². The summed E-state index contributed by atoms with van der Waals surface area (Å²) in [7, 11) is 1.83. The first kappa shape index (κ1) is 8.81. The summed E-state index contributed by atoms with van der Waals surface area (Å²) in [6.07, 6.45) is 0. The highest BCUT2D eigenvalue weighted by Gasteiger charge is 2.11. The van der Waals surface area contributed by atoms with E-state index in [2.05, 4.69) is 5.10 Å². The smallest absolute Gasteiger partial charge is 0.233 e. The van der Waals surface area contributed by atoms with Crippen LogP contribution in [0.25, 0.3) is 11.3 Å². The lowest BCUT2D eigenvalue weighted by Crippen LogP contribution is -1.93. The summed E-state index contributed by atoms with van der Waals surface area (Å²) < 4.78 is 1.69. The van der Waals surface area contributed by atoms with E-state index in [-0.39, 0.29) is 5.88 Å². The molecule has 0 fully saturated rings. The van der Waals surface area contributed by atoms with Gasteiger partial charge in [0.15, 0.2) is 0 Å². The zero-order valence-corrected chi connectivity index (χ0v) is 8.23. The second-order valence-electron chi connectivity index (χ2n) is 3.29. The van der Waals surface area contributed by atoms with E-state index in [0.29, 0.717) is 0 Å². The molecule has 0 aliphatic carbocycles. The van der Waals surface area contributed by atoms with E-state index in [1.54, 1.807) is 4.68 Å². The molecule has 1 aromatic heterocycles. The summed E-state index contributed by atoms with van der Waals surface area (Å²) in [6, 6.07) is 9.92. The third-order valence-corrected chi connectivity index (χ3v) is 2.31. The van der Waals surface area contributed by atoms with Gasteiger partial charge in [0, 0.05) is 18.2 Å². The lowest BCUT2D eigenvalue weighted by Gasteiger charge is -2.02. The molecule has 0 aliphatic rings. The van der Waals surface area contributed by atoms with Gasteiger partial charge in [-0.15, -0.1) is 5.10 Å². The molecule has 0 aliphatic heterocycles. The summed E-state index contributed by atoms with van der Waals surface area (Å²) in [5.41, 5.74) is 2.85. The standard InChI is InChI=1S/C11H12N2O/c1-8-10(13(2)12-11(8)14)9-6-4-3-5-7-9/h3-7H,1-2H3,(H,12,14). The summed E-state index contributed by atoms with van der Waals surface area (Å²) in [5.74, 6) is 0.103. The monoisotopic (exact) mass is 188 g/mol. The van der Waals surface area contributed by atoms with Crippen LogP contribution in [0.1, 0.15) is 5.56 Å². The Balaban J connectivity index is 2.62. The zero-order chi connectivity index (χ0) is 10.1. The van der Waals surface area contributed by atoms with Gasteiger partial charge in [-0.1, -0.05) is 30.3 Å². The summed E-state index contributed by atoms with van der Waals surface area (Å²) in [5, 5.41) is 13.4. The second kappa shape index (κ2) is 3.18. The maximum atomic E-state index is 9.45. The van der Waals surface area contributed by atoms with E-state index in [1.807, 2.05) is 44.3 Å². The number of aromatic hydroxyl groups is 1. The average Bonchev–Trinajstić information content (AvgIpc) is 2.43. The molecule has 0 atom stereocenters. The van der Waals surface area contributed by atoms with E-state index in [4.69, 9.17) is 0 Å². The Morgan fingerprint density at radius 1 is 1.21 bits per heavy atom. The SMILES string of the molecule is Cc1c(O)nn(C)c1-c1ccccc1. The normalized spacial score (nSPS) is 10.4. The Hall–Kier alpha value is -1.77. The van der Waals surface area contributed by atoms with E-state index in [0.717, 1.165) is 16.8 Å². The number of hydrogen-bond donors (Lipinski definition) is 1. The van der Waals surface area contributed by atoms with Gasteiger partial charge in [-0.2, -0.15) is 0 Å². The Morgan fingerprint density at radius 3 is 2.36 bits per heavy atom. The molecule has 14 heavy (non-hydrogen) atoms. The number of hydrogen-bond acceptors (Lipinski definition) is 2. The molecule has 72 valence electrons. The highest BCUT2D eigenvalue weighted by molar-refractivity contribution is 5.65. The summed E-state index contributed by atoms with van der Waals surface area (Å²) >= 11 is 0. The quantitative estimate of drug-likeness (QED) is 0.744. The minimum absolute atomic E-state index is 0.103. The van der Waals surface area contributed by atoms with Crippen LogP contribution in [0.5, 0.6) is 5.88 Å². The molecule has 0 radical (unpaired) electrons. The first-order valence-electron chi connectivity index (χ1n) is 4.48. The molecular weight excluding hydrogens is 176 g/mol. The van der Waals surface area contributed by atoms with Gasteiger partial charge in [0.1, 0.15) is 0 Å². The summed E-state index contributed by atoms with van der Waals surface area (Å²) in [6.45, 7) is 1.87. The second-order valence-corrected chi connectivity index (χ2v) is 3.29. The van der Waals surface area contributed by atoms with Crippen LogP contribution in [0.15, 0.2) is 30.3 Å². The molecule has 3 nitrogen and oxygen atoms in total. The lowest BCUT2D eigenvalue weighted by atomic mass is 10.1. The highest BCUT2D eigenvalue weighted by atomic mass is 16.3. The molecule has 1 aromatic carbocycles. The fourth-order valence-corrected chi connectivity index (χ4v) is 1.62. The van der Waals surface area contributed by atoms with Gasteiger partial charge in [0.25, 0.3) is 0 Å². The maximum absolute atomic E-state index is 9.45. The number of aromatic nitrogens is 2. The zero-order valence-electron chi connectivity index (χ0n) is 8.23. The number of aryl methyl sites for hydroxylation is 1. The van der Waals surface area contributed by atoms with Gasteiger partial charge in [-0.05, 0) is 6.92 Å². The largest absolute Gasteiger partial charge is 0.492 e. The van der Waals surface area contributed by atoms with Gasteiger partial charge in [0.2, 0.25) is 5.88 Å². The van der Waals surface area contributed by atoms with E-state index >= 15 is 0 Å². The van der Waals surface area contributed by atoms with E-state index in [9.17, 15) is 5.11 Å². The predicted octanol–water partition coefficient (Wildman–Crippen LogP) is 2.10. The number of benzene rings is 1. The molecule has 2 rings (SSSR count). The number of nitrogens with zero attached hydrogens (tertiary/aromatic N) is 2. The Labute approximate surface area is 82.6 Å². The number of rotatable bonds is 1. The van der Waals surface area contributed by atoms with Crippen LogP contribution in [0.3, 0.4) is 0 Å². The van der Waals surface area contributed by atoms with Crippen LogP contribution in [0.2, 0.25) is 0 Å². The molecule has 2 aromatic rings. The fourth-order valence-electron chi connectivity index (χ4n) is 1.62. The van der Waals surface area contributed by atoms with E-state index in [1.165, 1.54) is 0 Å². The van der Waals surface area contributed by atoms with Crippen molar-refractivity contribution < 1.29 is 5.11 Å². The molecule has 3 heteroatoms. The minimum Gasteiger partial charge on any atom is -0.492 e. The molecular formula is C11H12N2O. The van der Waals surface area contributed by atoms with Crippen molar-refractivity contribution in [1.29, 1.82) is 0 Å². The van der Waals surface area contributed by atoms with Crippen molar-refractivity contribution in [2.45, 2.75) is 6.92 Å². The van der Waals surface area contributed by atoms with Crippen molar-refractivity contribution in [3.05, 3.63) is 35.9 Å². The Morgan fingerprint density at radius 2 is 1.86 bits per heavy atom. The first-order valence-corrected chi connectivity index (χ1v) is 4.48. The molecule has 0 spiro atoms. The van der Waals surface area contributed by atoms with Gasteiger partial charge in [0.05, 0.1) is 5.69 Å². The van der Waals surface area contributed by atoms with Gasteiger partial charge in [-0.25, -0.2) is 0 Å². The van der Waals surface area contributed by atoms with Crippen LogP contribution >= 0.6 is 0 Å². The third-order valence-electron chi connectivity index (χ3n) is 2.31. The van der Waals surface area contributed by atoms with Crippen LogP contribution in [0, 0.1) is 6.92 Å². The third kappa shape index (κ3) is 1.27. The molecule has 0 bridgehead atoms. The Kier molecular flexibility index (Phi) is 2.00. The molecule has 0 unspecified atom stereocenters. The predicted molar refractivity (Wildman–Crippen MR) is 55.0 cm³/mol. The topological polar surface area (TPSA) is 38.1 Å². The van der Waals surface area contributed by atoms with Crippen molar-refractivity contribution >= 4 is 0 Å². The fraction of sp³-hybridized carbons (Fsp3) is 0.182. The van der Waals surface area contributed by atoms with Crippen molar-refractivity contribution in [3.8, 4) is 17.1 Å². The minimum atomic E-state index is 0.103.